The smallest absolute Gasteiger partial charge is 0.534 e. The Morgan fingerprint density at radius 2 is 1.76 bits per heavy atom. The number of amides is 5. The fourth-order valence-corrected chi connectivity index (χ4v) is 4.58. The second kappa shape index (κ2) is 12.0. The molecule has 0 unspecified atom stereocenters. The minimum Gasteiger partial charge on any atom is -0.534 e. The van der Waals surface area contributed by atoms with Gasteiger partial charge >= 0.3 is 30.9 Å². The van der Waals surface area contributed by atoms with E-state index in [9.17, 15) is 52.4 Å². The summed E-state index contributed by atoms with van der Waals surface area (Å²) in [6.45, 7) is -0.358. The standard InChI is InChI=1S/C24H23BF3N5O9/c26-12-2-1-10-7-15(25(41)42-19(10)17(12)23(38)39)30-20(35)18(16-13(27)8-11(34)9-14(16)28)31-24(40)33-6-5-32(4-3-29)21(36)22(33)37/h1-2,8-9,15,18,34,41H,3-7,29H2,(H,30,35)(H,31,40)(H,38,39)/t15-,18-/m0/s1. The number of aromatic carboxylic acids is 1. The van der Waals surface area contributed by atoms with Crippen LogP contribution in [0.25, 0.3) is 0 Å². The Morgan fingerprint density at radius 1 is 1.10 bits per heavy atom. The van der Waals surface area contributed by atoms with Gasteiger partial charge < -0.3 is 41.2 Å². The van der Waals surface area contributed by atoms with Gasteiger partial charge in [0.25, 0.3) is 0 Å². The first-order valence-electron chi connectivity index (χ1n) is 12.3. The molecule has 0 spiro atoms. The maximum absolute atomic E-state index is 14.8. The lowest BCUT2D eigenvalue weighted by molar-refractivity contribution is -0.153. The van der Waals surface area contributed by atoms with Gasteiger partial charge in [-0.05, 0) is 18.1 Å². The molecule has 2 atom stereocenters. The molecule has 5 amide bonds. The summed E-state index contributed by atoms with van der Waals surface area (Å²) in [5.41, 5.74) is 3.55. The summed E-state index contributed by atoms with van der Waals surface area (Å²) < 4.78 is 48.9. The van der Waals surface area contributed by atoms with Crippen molar-refractivity contribution in [3.8, 4) is 11.5 Å². The van der Waals surface area contributed by atoms with E-state index in [0.29, 0.717) is 17.0 Å². The van der Waals surface area contributed by atoms with E-state index in [1.54, 1.807) is 0 Å². The molecule has 0 aromatic heterocycles. The number of nitrogens with two attached hydrogens (primary N) is 1. The Kier molecular flexibility index (Phi) is 8.58. The molecule has 18 heteroatoms. The van der Waals surface area contributed by atoms with Gasteiger partial charge in [-0.15, -0.1) is 0 Å². The molecule has 7 N–H and O–H groups in total. The fraction of sp³-hybridized carbons (Fsp3) is 0.292. The number of phenolic OH excluding ortho intramolecular Hbond substituents is 1. The van der Waals surface area contributed by atoms with Crippen LogP contribution in [0.5, 0.6) is 11.5 Å². The van der Waals surface area contributed by atoms with Crippen LogP contribution in [-0.4, -0.2) is 94.0 Å². The molecule has 4 rings (SSSR count). The van der Waals surface area contributed by atoms with E-state index in [4.69, 9.17) is 10.4 Å². The molecule has 2 aromatic rings. The lowest BCUT2D eigenvalue weighted by Gasteiger charge is -2.33. The normalized spacial score (nSPS) is 17.4. The van der Waals surface area contributed by atoms with Crippen molar-refractivity contribution < 1.29 is 57.0 Å². The van der Waals surface area contributed by atoms with Gasteiger partial charge in [0.1, 0.15) is 40.6 Å². The van der Waals surface area contributed by atoms with Crippen LogP contribution in [0.2, 0.25) is 0 Å². The molecule has 0 aliphatic carbocycles. The van der Waals surface area contributed by atoms with Crippen molar-refractivity contribution in [2.75, 3.05) is 26.2 Å². The first-order valence-corrected chi connectivity index (χ1v) is 12.3. The number of phenols is 1. The summed E-state index contributed by atoms with van der Waals surface area (Å²) in [6, 6.07) is -0.685. The zero-order chi connectivity index (χ0) is 30.9. The molecule has 14 nitrogen and oxygen atoms in total. The molecule has 2 aliphatic rings. The van der Waals surface area contributed by atoms with E-state index in [0.717, 1.165) is 17.0 Å². The zero-order valence-corrected chi connectivity index (χ0v) is 21.5. The van der Waals surface area contributed by atoms with Gasteiger partial charge in [0.15, 0.2) is 0 Å². The Bertz CT molecular complexity index is 1460. The summed E-state index contributed by atoms with van der Waals surface area (Å²) in [5, 5.41) is 33.5. The maximum Gasteiger partial charge on any atom is 0.547 e. The molecule has 0 radical (unpaired) electrons. The number of halogens is 3. The number of carbonyl (C=O) groups excluding carboxylic acids is 4. The van der Waals surface area contributed by atoms with Crippen molar-refractivity contribution in [1.29, 1.82) is 0 Å². The van der Waals surface area contributed by atoms with E-state index in [1.807, 2.05) is 5.32 Å². The number of imide groups is 1. The second-order valence-corrected chi connectivity index (χ2v) is 9.29. The number of aromatic hydroxyl groups is 1. The molecule has 1 saturated heterocycles. The topological polar surface area (TPSA) is 212 Å². The Morgan fingerprint density at radius 3 is 2.38 bits per heavy atom. The average molecular weight is 593 g/mol. The van der Waals surface area contributed by atoms with Crippen LogP contribution in [0, 0.1) is 17.5 Å². The number of piperazine rings is 1. The van der Waals surface area contributed by atoms with Crippen LogP contribution in [0.15, 0.2) is 24.3 Å². The van der Waals surface area contributed by atoms with Gasteiger partial charge in [0.05, 0.1) is 11.5 Å². The van der Waals surface area contributed by atoms with Crippen LogP contribution in [0.3, 0.4) is 0 Å². The van der Waals surface area contributed by atoms with Crippen LogP contribution in [0.1, 0.15) is 27.5 Å². The third-order valence-corrected chi connectivity index (χ3v) is 6.59. The molecule has 2 aliphatic heterocycles. The predicted molar refractivity (Wildman–Crippen MR) is 134 cm³/mol. The van der Waals surface area contributed by atoms with Crippen molar-refractivity contribution >= 4 is 36.8 Å². The Hall–Kier alpha value is -4.84. The van der Waals surface area contributed by atoms with Crippen LogP contribution in [0.4, 0.5) is 18.0 Å². The molecule has 42 heavy (non-hydrogen) atoms. The second-order valence-electron chi connectivity index (χ2n) is 9.29. The number of benzene rings is 2. The van der Waals surface area contributed by atoms with E-state index in [2.05, 4.69) is 5.32 Å². The summed E-state index contributed by atoms with van der Waals surface area (Å²) >= 11 is 0. The molecule has 0 bridgehead atoms. The molecule has 2 aromatic carbocycles. The number of hydrogen-bond donors (Lipinski definition) is 6. The van der Waals surface area contributed by atoms with E-state index < -0.39 is 88.9 Å². The Balaban J connectivity index is 1.61. The van der Waals surface area contributed by atoms with Crippen LogP contribution < -0.4 is 21.0 Å². The molecule has 2 heterocycles. The van der Waals surface area contributed by atoms with E-state index >= 15 is 0 Å². The first-order chi connectivity index (χ1) is 19.8. The van der Waals surface area contributed by atoms with Gasteiger partial charge in [-0.3, -0.25) is 19.3 Å². The van der Waals surface area contributed by atoms with E-state index in [-0.39, 0.29) is 38.2 Å². The van der Waals surface area contributed by atoms with Gasteiger partial charge in [-0.2, -0.15) is 0 Å². The van der Waals surface area contributed by atoms with Crippen LogP contribution in [-0.2, 0) is 20.8 Å². The van der Waals surface area contributed by atoms with Gasteiger partial charge in [0.2, 0.25) is 5.91 Å². The predicted octanol–water partition coefficient (Wildman–Crippen LogP) is -0.972. The number of rotatable bonds is 7. The highest BCUT2D eigenvalue weighted by atomic mass is 19.1. The van der Waals surface area contributed by atoms with Crippen LogP contribution >= 0.6 is 0 Å². The zero-order valence-electron chi connectivity index (χ0n) is 21.5. The highest BCUT2D eigenvalue weighted by Crippen LogP contribution is 2.33. The lowest BCUT2D eigenvalue weighted by Crippen LogP contribution is -2.60. The van der Waals surface area contributed by atoms with Crippen molar-refractivity contribution in [3.05, 3.63) is 58.4 Å². The maximum atomic E-state index is 14.8. The number of nitrogens with one attached hydrogen (secondary N) is 2. The minimum atomic E-state index is -2.22. The average Bonchev–Trinajstić information content (AvgIpc) is 2.90. The van der Waals surface area contributed by atoms with Crippen molar-refractivity contribution in [2.45, 2.75) is 18.4 Å². The SMILES string of the molecule is NCCN1CCN(C(=O)N[C@H](C(=O)N[C@H]2Cc3ccc(F)c(C(=O)O)c3OB2O)c2c(F)cc(O)cc2F)C(=O)C1=O. The van der Waals surface area contributed by atoms with Crippen molar-refractivity contribution in [2.24, 2.45) is 5.73 Å². The summed E-state index contributed by atoms with van der Waals surface area (Å²) in [5.74, 6) is -12.2. The van der Waals surface area contributed by atoms with Gasteiger partial charge in [0, 0.05) is 38.3 Å². The molecular formula is C24H23BF3N5O9. The van der Waals surface area contributed by atoms with E-state index in [1.165, 1.54) is 0 Å². The highest BCUT2D eigenvalue weighted by molar-refractivity contribution is 6.47. The number of carbonyl (C=O) groups is 5. The van der Waals surface area contributed by atoms with Gasteiger partial charge in [-0.25, -0.2) is 22.8 Å². The largest absolute Gasteiger partial charge is 0.547 e. The summed E-state index contributed by atoms with van der Waals surface area (Å²) in [7, 11) is -1.97. The fourth-order valence-electron chi connectivity index (χ4n) is 4.58. The number of urea groups is 1. The summed E-state index contributed by atoms with van der Waals surface area (Å²) in [4.78, 5) is 64.2. The quantitative estimate of drug-likeness (QED) is 0.171. The summed E-state index contributed by atoms with van der Waals surface area (Å²) in [6.07, 6.45) is -0.333. The minimum absolute atomic E-state index is 0.0323. The molecule has 222 valence electrons. The van der Waals surface area contributed by atoms with Gasteiger partial charge in [-0.1, -0.05) is 6.07 Å². The Labute approximate surface area is 235 Å². The number of carboxylic acids is 1. The number of fused-ring (bicyclic) bond motifs is 1. The number of nitrogens with zero attached hydrogens (tertiary/aromatic N) is 2. The molecule has 1 fully saturated rings. The monoisotopic (exact) mass is 593 g/mol. The number of hydrogen-bond acceptors (Lipinski definition) is 9. The van der Waals surface area contributed by atoms with Crippen molar-refractivity contribution in [3.63, 3.8) is 0 Å². The van der Waals surface area contributed by atoms with Crippen molar-refractivity contribution in [1.82, 2.24) is 20.4 Å². The lowest BCUT2D eigenvalue weighted by atomic mass is 9.72. The number of carboxylic acid groups (broad SMARTS) is 1. The third-order valence-electron chi connectivity index (χ3n) is 6.59. The highest BCUT2D eigenvalue weighted by Gasteiger charge is 2.42. The molecular weight excluding hydrogens is 570 g/mol. The molecule has 0 saturated carbocycles. The first kappa shape index (κ1) is 30.1. The third kappa shape index (κ3) is 5.79.